The van der Waals surface area contributed by atoms with Gasteiger partial charge in [0.2, 0.25) is 0 Å². The lowest BCUT2D eigenvalue weighted by Crippen LogP contribution is -2.66. The predicted octanol–water partition coefficient (Wildman–Crippen LogP) is 2.78. The first kappa shape index (κ1) is 19.0. The van der Waals surface area contributed by atoms with E-state index in [0.29, 0.717) is 12.8 Å². The van der Waals surface area contributed by atoms with E-state index in [1.54, 1.807) is 13.0 Å². The standard InChI is InChI=1S/C22H29FO4/c1-12-8-16-15-5-4-13-9-14(25)6-7-21(13,3)22(15,23)18(27)10-20(16,2)19(12)17(26)11-24/h6-7,9,12,15-16,18-19,24,27H,4-5,8,10-11H2,1-3H3/t12-,15-,16-,18-,19+,20-,21-,22-/m0/s1. The monoisotopic (exact) mass is 376 g/mol. The van der Waals surface area contributed by atoms with Gasteiger partial charge in [-0.15, -0.1) is 0 Å². The lowest BCUT2D eigenvalue weighted by molar-refractivity contribution is -0.195. The summed E-state index contributed by atoms with van der Waals surface area (Å²) >= 11 is 0. The van der Waals surface area contributed by atoms with Gasteiger partial charge in [-0.1, -0.05) is 25.5 Å². The highest BCUT2D eigenvalue weighted by molar-refractivity contribution is 6.01. The van der Waals surface area contributed by atoms with Crippen LogP contribution < -0.4 is 0 Å². The van der Waals surface area contributed by atoms with E-state index in [9.17, 15) is 19.8 Å². The van der Waals surface area contributed by atoms with E-state index in [2.05, 4.69) is 0 Å². The molecule has 0 bridgehead atoms. The third kappa shape index (κ3) is 2.21. The Hall–Kier alpha value is -1.33. The number of hydrogen-bond donors (Lipinski definition) is 2. The Morgan fingerprint density at radius 3 is 2.70 bits per heavy atom. The van der Waals surface area contributed by atoms with E-state index in [0.717, 1.165) is 12.0 Å². The van der Waals surface area contributed by atoms with Gasteiger partial charge in [0.05, 0.1) is 6.10 Å². The second kappa shape index (κ2) is 5.84. The van der Waals surface area contributed by atoms with E-state index in [-0.39, 0.29) is 41.7 Å². The van der Waals surface area contributed by atoms with Crippen molar-refractivity contribution in [2.75, 3.05) is 6.61 Å². The summed E-state index contributed by atoms with van der Waals surface area (Å²) in [6.07, 6.45) is 5.53. The Morgan fingerprint density at radius 1 is 1.33 bits per heavy atom. The summed E-state index contributed by atoms with van der Waals surface area (Å²) in [5.41, 5.74) is -2.59. The SMILES string of the molecule is C[C@H]1C[C@H]2[C@@H]3CCC4=CC(=O)C=C[C@]4(C)[C@@]3(F)[C@@H](O)C[C@]2(C)[C@H]1C(=O)CO. The molecule has 0 aromatic rings. The lowest BCUT2D eigenvalue weighted by atomic mass is 9.45. The molecule has 0 amide bonds. The minimum absolute atomic E-state index is 0.0224. The van der Waals surface area contributed by atoms with Crippen molar-refractivity contribution < 1.29 is 24.2 Å². The molecule has 8 atom stereocenters. The van der Waals surface area contributed by atoms with E-state index in [1.165, 1.54) is 12.2 Å². The highest BCUT2D eigenvalue weighted by Crippen LogP contribution is 2.69. The summed E-state index contributed by atoms with van der Waals surface area (Å²) in [4.78, 5) is 24.3. The number of aliphatic hydroxyl groups excluding tert-OH is 2. The maximum atomic E-state index is 16.8. The molecule has 4 nitrogen and oxygen atoms in total. The van der Waals surface area contributed by atoms with Crippen LogP contribution in [-0.4, -0.2) is 40.2 Å². The van der Waals surface area contributed by atoms with Crippen molar-refractivity contribution in [3.05, 3.63) is 23.8 Å². The molecule has 0 aliphatic heterocycles. The van der Waals surface area contributed by atoms with E-state index in [4.69, 9.17) is 0 Å². The highest BCUT2D eigenvalue weighted by Gasteiger charge is 2.71. The number of rotatable bonds is 2. The van der Waals surface area contributed by atoms with Crippen LogP contribution in [0.25, 0.3) is 0 Å². The third-order valence-corrected chi connectivity index (χ3v) is 8.48. The lowest BCUT2D eigenvalue weighted by Gasteiger charge is -2.62. The van der Waals surface area contributed by atoms with Crippen LogP contribution >= 0.6 is 0 Å². The van der Waals surface area contributed by atoms with E-state index in [1.807, 2.05) is 13.8 Å². The number of halogens is 1. The van der Waals surface area contributed by atoms with Gasteiger partial charge in [-0.05, 0) is 62.0 Å². The largest absolute Gasteiger partial charge is 0.390 e. The molecule has 3 saturated carbocycles. The van der Waals surface area contributed by atoms with Gasteiger partial charge in [0.15, 0.2) is 17.2 Å². The molecule has 4 aliphatic carbocycles. The molecule has 0 aromatic heterocycles. The van der Waals surface area contributed by atoms with Crippen molar-refractivity contribution in [1.29, 1.82) is 0 Å². The number of fused-ring (bicyclic) bond motifs is 5. The van der Waals surface area contributed by atoms with Crippen molar-refractivity contribution >= 4 is 11.6 Å². The Kier molecular flexibility index (Phi) is 4.11. The fourth-order valence-electron chi connectivity index (χ4n) is 7.36. The van der Waals surface area contributed by atoms with Crippen molar-refractivity contribution in [2.45, 2.75) is 58.2 Å². The molecule has 0 spiro atoms. The van der Waals surface area contributed by atoms with Crippen LogP contribution in [0.4, 0.5) is 4.39 Å². The van der Waals surface area contributed by atoms with Crippen LogP contribution in [0.5, 0.6) is 0 Å². The first-order valence-corrected chi connectivity index (χ1v) is 10.0. The average Bonchev–Trinajstić information content (AvgIpc) is 2.86. The molecular weight excluding hydrogens is 347 g/mol. The normalized spacial score (nSPS) is 51.3. The van der Waals surface area contributed by atoms with Gasteiger partial charge in [0.1, 0.15) is 6.61 Å². The fourth-order valence-corrected chi connectivity index (χ4v) is 7.36. The van der Waals surface area contributed by atoms with E-state index >= 15 is 4.39 Å². The van der Waals surface area contributed by atoms with Gasteiger partial charge in [-0.3, -0.25) is 9.59 Å². The molecule has 0 saturated heterocycles. The molecule has 2 N–H and O–H groups in total. The summed E-state index contributed by atoms with van der Waals surface area (Å²) in [6.45, 7) is 5.29. The smallest absolute Gasteiger partial charge is 0.178 e. The molecule has 0 aromatic carbocycles. The van der Waals surface area contributed by atoms with Crippen LogP contribution in [0, 0.1) is 34.5 Å². The van der Waals surface area contributed by atoms with Crippen molar-refractivity contribution in [2.24, 2.45) is 34.5 Å². The van der Waals surface area contributed by atoms with Gasteiger partial charge >= 0.3 is 0 Å². The Morgan fingerprint density at radius 2 is 2.04 bits per heavy atom. The van der Waals surface area contributed by atoms with E-state index < -0.39 is 29.2 Å². The summed E-state index contributed by atoms with van der Waals surface area (Å²) in [7, 11) is 0. The van der Waals surface area contributed by atoms with Crippen LogP contribution in [0.15, 0.2) is 23.8 Å². The predicted molar refractivity (Wildman–Crippen MR) is 98.5 cm³/mol. The zero-order valence-corrected chi connectivity index (χ0v) is 16.2. The van der Waals surface area contributed by atoms with Crippen LogP contribution in [-0.2, 0) is 9.59 Å². The number of allylic oxidation sites excluding steroid dienone is 4. The Balaban J connectivity index is 1.80. The van der Waals surface area contributed by atoms with Gasteiger partial charge in [0, 0.05) is 17.3 Å². The molecule has 148 valence electrons. The van der Waals surface area contributed by atoms with Gasteiger partial charge < -0.3 is 10.2 Å². The Bertz CT molecular complexity index is 757. The molecule has 5 heteroatoms. The molecule has 4 aliphatic rings. The van der Waals surface area contributed by atoms with Crippen LogP contribution in [0.2, 0.25) is 0 Å². The molecule has 0 unspecified atom stereocenters. The summed E-state index contributed by atoms with van der Waals surface area (Å²) < 4.78 is 16.8. The third-order valence-electron chi connectivity index (χ3n) is 8.48. The number of ketones is 2. The maximum absolute atomic E-state index is 16.8. The van der Waals surface area contributed by atoms with Crippen LogP contribution in [0.1, 0.15) is 46.5 Å². The molecule has 3 fully saturated rings. The summed E-state index contributed by atoms with van der Waals surface area (Å²) in [5, 5.41) is 20.6. The zero-order chi connectivity index (χ0) is 19.8. The van der Waals surface area contributed by atoms with Crippen molar-refractivity contribution in [3.8, 4) is 0 Å². The molecule has 4 rings (SSSR count). The molecule has 27 heavy (non-hydrogen) atoms. The number of carbonyl (C=O) groups is 2. The summed E-state index contributed by atoms with van der Waals surface area (Å²) in [5.74, 6) is -1.00. The number of hydrogen-bond acceptors (Lipinski definition) is 4. The van der Waals surface area contributed by atoms with Gasteiger partial charge in [0.25, 0.3) is 0 Å². The minimum atomic E-state index is -1.85. The zero-order valence-electron chi connectivity index (χ0n) is 16.2. The second-order valence-corrected chi connectivity index (χ2v) is 9.67. The number of Topliss-reactive ketones (excluding diaryl/α,β-unsaturated/α-hetero) is 1. The van der Waals surface area contributed by atoms with Gasteiger partial charge in [-0.2, -0.15) is 0 Å². The first-order valence-electron chi connectivity index (χ1n) is 10.0. The minimum Gasteiger partial charge on any atom is -0.390 e. The van der Waals surface area contributed by atoms with Crippen molar-refractivity contribution in [3.63, 3.8) is 0 Å². The summed E-state index contributed by atoms with van der Waals surface area (Å²) in [6, 6.07) is 0. The number of aliphatic hydroxyl groups is 2. The molecular formula is C22H29FO4. The van der Waals surface area contributed by atoms with Crippen LogP contribution in [0.3, 0.4) is 0 Å². The number of carbonyl (C=O) groups excluding carboxylic acids is 2. The maximum Gasteiger partial charge on any atom is 0.178 e. The number of alkyl halides is 1. The molecule has 0 radical (unpaired) electrons. The first-order chi connectivity index (χ1) is 12.6. The van der Waals surface area contributed by atoms with Crippen molar-refractivity contribution in [1.82, 2.24) is 0 Å². The average molecular weight is 376 g/mol. The topological polar surface area (TPSA) is 74.6 Å². The Labute approximate surface area is 159 Å². The second-order valence-electron chi connectivity index (χ2n) is 9.67. The highest BCUT2D eigenvalue weighted by atomic mass is 19.1. The molecule has 0 heterocycles. The van der Waals surface area contributed by atoms with Gasteiger partial charge in [-0.25, -0.2) is 4.39 Å². The quantitative estimate of drug-likeness (QED) is 0.777. The fraction of sp³-hybridized carbons (Fsp3) is 0.727.